The van der Waals surface area contributed by atoms with E-state index < -0.39 is 41.2 Å². The molecule has 7 rings (SSSR count). The van der Waals surface area contributed by atoms with Gasteiger partial charge in [-0.1, -0.05) is 42.3 Å². The summed E-state index contributed by atoms with van der Waals surface area (Å²) >= 11 is 0. The average Bonchev–Trinajstić information content (AvgIpc) is 3.91. The molecule has 0 unspecified atom stereocenters. The summed E-state index contributed by atoms with van der Waals surface area (Å²) in [6.07, 6.45) is 17.7. The van der Waals surface area contributed by atoms with Crippen molar-refractivity contribution in [1.29, 1.82) is 0 Å². The fraction of sp³-hybridized carbons (Fsp3) is 0.0263. The van der Waals surface area contributed by atoms with Crippen LogP contribution in [0, 0.1) is 35.6 Å². The van der Waals surface area contributed by atoms with Crippen LogP contribution in [-0.2, 0) is 19.5 Å². The third-order valence-corrected chi connectivity index (χ3v) is 6.58. The number of hydrogen-bond acceptors (Lipinski definition) is 6. The predicted octanol–water partition coefficient (Wildman–Crippen LogP) is 8.32. The van der Waals surface area contributed by atoms with Gasteiger partial charge in [-0.05, 0) is 66.3 Å². The molecule has 1 aliphatic rings. The van der Waals surface area contributed by atoms with Gasteiger partial charge in [0.2, 0.25) is 11.6 Å². The minimum Gasteiger partial charge on any atom is -0.664 e. The van der Waals surface area contributed by atoms with Gasteiger partial charge in [0.15, 0.2) is 17.4 Å². The van der Waals surface area contributed by atoms with E-state index in [1.165, 1.54) is 36.7 Å². The summed E-state index contributed by atoms with van der Waals surface area (Å²) in [5.74, 6) is -5.84. The Kier molecular flexibility index (Phi) is 15.6. The number of pyridine rings is 4. The van der Waals surface area contributed by atoms with Crippen LogP contribution in [0.25, 0.3) is 28.3 Å². The van der Waals surface area contributed by atoms with Crippen LogP contribution >= 0.6 is 12.4 Å². The Hall–Kier alpha value is -5.76. The minimum absolute atomic E-state index is 0. The number of aliphatic imine (C=N–C) groups is 1. The summed E-state index contributed by atoms with van der Waals surface area (Å²) in [6, 6.07) is 26.2. The molecule has 1 radical (unpaired) electrons. The Balaban J connectivity index is 0.000000226. The van der Waals surface area contributed by atoms with Gasteiger partial charge in [-0.3, -0.25) is 24.9 Å². The Labute approximate surface area is 310 Å². The van der Waals surface area contributed by atoms with Crippen LogP contribution in [0.5, 0.6) is 5.75 Å². The molecule has 0 aliphatic carbocycles. The molecule has 0 spiro atoms. The number of allylic oxidation sites excluding steroid dienone is 2. The fourth-order valence-corrected chi connectivity index (χ4v) is 4.41. The van der Waals surface area contributed by atoms with Crippen molar-refractivity contribution in [3.63, 3.8) is 0 Å². The minimum atomic E-state index is -1.68. The van der Waals surface area contributed by atoms with E-state index in [2.05, 4.69) is 34.6 Å². The Morgan fingerprint density at radius 2 is 1.14 bits per heavy atom. The maximum Gasteiger partial charge on any atom is 1.00 e. The van der Waals surface area contributed by atoms with E-state index in [0.717, 1.165) is 22.8 Å². The number of hydrogen-bond donors (Lipinski definition) is 0. The molecule has 0 atom stereocenters. The standard InChI is InChI=1S/C18H9F4N2O.2C10H8N2.ClH.Ru/c1-2-9-25-18-16(21)14(19)13(15(20)17(18)22)12(10-5-3-7-23-10)11-6-4-8-24-11;2*1-3-7-11-9(5-1)10-6-2-4-8-12-10;;/h1,3-8H,9H2;2*1-8H;1H;/q-1;;;;+1. The average molecular weight is 795 g/mol. The molecule has 6 heterocycles. The molecular weight excluding hydrogens is 769 g/mol. The molecule has 0 fully saturated rings. The number of rotatable bonds is 6. The van der Waals surface area contributed by atoms with Gasteiger partial charge in [-0.2, -0.15) is 15.0 Å². The third kappa shape index (κ3) is 10.1. The molecule has 6 aromatic rings. The number of nitrogens with zero attached hydrogens (tertiary/aromatic N) is 6. The summed E-state index contributed by atoms with van der Waals surface area (Å²) in [5, 5.41) is 0. The van der Waals surface area contributed by atoms with Crippen molar-refractivity contribution in [2.75, 3.05) is 6.61 Å². The fourth-order valence-electron chi connectivity index (χ4n) is 4.41. The van der Waals surface area contributed by atoms with Crippen LogP contribution in [-0.4, -0.2) is 32.8 Å². The van der Waals surface area contributed by atoms with E-state index in [1.54, 1.807) is 24.8 Å². The van der Waals surface area contributed by atoms with Gasteiger partial charge in [0.25, 0.3) is 0 Å². The predicted molar refractivity (Wildman–Crippen MR) is 186 cm³/mol. The van der Waals surface area contributed by atoms with E-state index >= 15 is 0 Å². The van der Waals surface area contributed by atoms with Crippen molar-refractivity contribution >= 4 is 24.2 Å². The molecule has 51 heavy (non-hydrogen) atoms. The monoisotopic (exact) mass is 795 g/mol. The zero-order valence-electron chi connectivity index (χ0n) is 26.4. The van der Waals surface area contributed by atoms with Crippen molar-refractivity contribution in [3.05, 3.63) is 168 Å². The molecule has 13 heteroatoms. The van der Waals surface area contributed by atoms with Crippen LogP contribution in [0.1, 0.15) is 11.3 Å². The van der Waals surface area contributed by atoms with Crippen molar-refractivity contribution in [2.45, 2.75) is 0 Å². The Morgan fingerprint density at radius 1 is 0.667 bits per heavy atom. The first-order valence-corrected chi connectivity index (χ1v) is 14.6. The number of aromatic nitrogens is 5. The number of terminal acetylenes is 1. The Bertz CT molecular complexity index is 1920. The normalized spacial score (nSPS) is 11.7. The van der Waals surface area contributed by atoms with Crippen LogP contribution in [0.3, 0.4) is 0 Å². The molecule has 0 saturated heterocycles. The van der Waals surface area contributed by atoms with Gasteiger partial charge in [0, 0.05) is 31.0 Å². The molecule has 1 aliphatic heterocycles. The summed E-state index contributed by atoms with van der Waals surface area (Å²) in [5.41, 5.74) is 2.80. The second kappa shape index (κ2) is 20.0. The van der Waals surface area contributed by atoms with Gasteiger partial charge in [0.1, 0.15) is 6.61 Å². The number of ether oxygens (including phenoxy) is 1. The van der Waals surface area contributed by atoms with Crippen LogP contribution in [0.2, 0.25) is 0 Å². The van der Waals surface area contributed by atoms with Crippen molar-refractivity contribution in [3.8, 4) is 40.9 Å². The van der Waals surface area contributed by atoms with Crippen molar-refractivity contribution in [2.24, 2.45) is 4.99 Å². The van der Waals surface area contributed by atoms with E-state index in [-0.39, 0.29) is 48.8 Å². The van der Waals surface area contributed by atoms with Gasteiger partial charge in [0.05, 0.1) is 34.0 Å². The summed E-state index contributed by atoms with van der Waals surface area (Å²) in [6.45, 7) is -0.544. The topological polar surface area (TPSA) is 87.2 Å². The first-order chi connectivity index (χ1) is 24.0. The van der Waals surface area contributed by atoms with Gasteiger partial charge >= 0.3 is 19.5 Å². The van der Waals surface area contributed by atoms with Gasteiger partial charge in [-0.15, -0.1) is 24.5 Å². The van der Waals surface area contributed by atoms with E-state index in [1.807, 2.05) is 78.7 Å². The second-order valence-electron chi connectivity index (χ2n) is 9.73. The molecule has 0 amide bonds. The quantitative estimate of drug-likeness (QED) is 0.0730. The summed E-state index contributed by atoms with van der Waals surface area (Å²) < 4.78 is 62.2. The molecule has 0 N–H and O–H groups in total. The van der Waals surface area contributed by atoms with Crippen molar-refractivity contribution in [1.82, 2.24) is 24.9 Å². The first kappa shape index (κ1) is 39.7. The zero-order chi connectivity index (χ0) is 34.4. The molecule has 0 bridgehead atoms. The number of halogens is 5. The number of benzene rings is 1. The van der Waals surface area contributed by atoms with E-state index in [9.17, 15) is 17.6 Å². The second-order valence-corrected chi connectivity index (χ2v) is 9.73. The summed E-state index contributed by atoms with van der Waals surface area (Å²) in [4.78, 5) is 24.6. The van der Waals surface area contributed by atoms with Crippen molar-refractivity contribution < 1.29 is 41.8 Å². The summed E-state index contributed by atoms with van der Waals surface area (Å²) in [7, 11) is 0. The zero-order valence-corrected chi connectivity index (χ0v) is 28.9. The van der Waals surface area contributed by atoms with Gasteiger partial charge < -0.3 is 9.72 Å². The largest absolute Gasteiger partial charge is 1.00 e. The van der Waals surface area contributed by atoms with Gasteiger partial charge in [-0.25, -0.2) is 8.78 Å². The maximum atomic E-state index is 14.6. The smallest absolute Gasteiger partial charge is 0.664 e. The Morgan fingerprint density at radius 3 is 1.47 bits per heavy atom. The molecule has 5 aromatic heterocycles. The van der Waals surface area contributed by atoms with Crippen LogP contribution < -0.4 is 9.72 Å². The van der Waals surface area contributed by atoms with E-state index in [4.69, 9.17) is 6.42 Å². The SMILES string of the molecule is C#CCOc1c(F)c(F)c(C(=C2C=CC=N2)c2ccc[n-]2)c(F)c1F.Cl.[Ru+].c1ccc(-c2ccccn2)nc1.c1ccc(-c2ccccn2)nc1. The molecule has 7 nitrogen and oxygen atoms in total. The molecule has 257 valence electrons. The third-order valence-electron chi connectivity index (χ3n) is 6.58. The molecule has 1 aromatic carbocycles. The van der Waals surface area contributed by atoms with Crippen LogP contribution in [0.15, 0.2) is 139 Å². The molecule has 0 saturated carbocycles. The maximum absolute atomic E-state index is 14.6. The first-order valence-electron chi connectivity index (χ1n) is 14.6. The van der Waals surface area contributed by atoms with Crippen LogP contribution in [0.4, 0.5) is 17.6 Å². The molecular formula is C38H26ClF4N6ORu. The van der Waals surface area contributed by atoms with E-state index in [0.29, 0.717) is 0 Å².